The van der Waals surface area contributed by atoms with Gasteiger partial charge in [-0.2, -0.15) is 0 Å². The van der Waals surface area contributed by atoms with Gasteiger partial charge in [0.15, 0.2) is 0 Å². The molecule has 0 radical (unpaired) electrons. The van der Waals surface area contributed by atoms with E-state index in [-0.39, 0.29) is 11.9 Å². The average Bonchev–Trinajstić information content (AvgIpc) is 2.38. The zero-order chi connectivity index (χ0) is 15.4. The Bertz CT molecular complexity index is 603. The molecule has 2 aromatic rings. The van der Waals surface area contributed by atoms with Crippen molar-refractivity contribution in [3.63, 3.8) is 0 Å². The van der Waals surface area contributed by atoms with E-state index in [1.54, 1.807) is 12.4 Å². The van der Waals surface area contributed by atoms with Gasteiger partial charge in [0, 0.05) is 18.1 Å². The van der Waals surface area contributed by atoms with Crippen molar-refractivity contribution >= 4 is 11.6 Å². The van der Waals surface area contributed by atoms with Crippen LogP contribution in [0.25, 0.3) is 0 Å². The van der Waals surface area contributed by atoms with Crippen molar-refractivity contribution in [1.82, 2.24) is 9.88 Å². The monoisotopic (exact) mass is 283 g/mol. The maximum Gasteiger partial charge on any atom is 0.246 e. The number of carbonyl (C=O) groups is 1. The van der Waals surface area contributed by atoms with Crippen molar-refractivity contribution in [3.05, 3.63) is 59.4 Å². The predicted octanol–water partition coefficient (Wildman–Crippen LogP) is 2.94. The van der Waals surface area contributed by atoms with Gasteiger partial charge in [0.25, 0.3) is 0 Å². The molecule has 0 aliphatic heterocycles. The van der Waals surface area contributed by atoms with E-state index in [9.17, 15) is 4.79 Å². The van der Waals surface area contributed by atoms with Crippen molar-refractivity contribution in [3.8, 4) is 0 Å². The first-order valence-electron chi connectivity index (χ1n) is 6.93. The van der Waals surface area contributed by atoms with Crippen molar-refractivity contribution in [1.29, 1.82) is 0 Å². The Kier molecular flexibility index (Phi) is 4.70. The van der Waals surface area contributed by atoms with Gasteiger partial charge in [-0.05, 0) is 62.8 Å². The zero-order valence-corrected chi connectivity index (χ0v) is 12.9. The zero-order valence-electron chi connectivity index (χ0n) is 12.9. The summed E-state index contributed by atoms with van der Waals surface area (Å²) in [5.41, 5.74) is 3.97. The smallest absolute Gasteiger partial charge is 0.246 e. The van der Waals surface area contributed by atoms with Crippen LogP contribution in [0.5, 0.6) is 0 Å². The normalized spacial score (nSPS) is 12.2. The molecule has 0 saturated heterocycles. The number of hydrogen-bond donors (Lipinski definition) is 1. The summed E-state index contributed by atoms with van der Waals surface area (Å²) in [4.78, 5) is 18.6. The molecule has 4 nitrogen and oxygen atoms in total. The van der Waals surface area contributed by atoms with Gasteiger partial charge in [-0.3, -0.25) is 14.7 Å². The summed E-state index contributed by atoms with van der Waals surface area (Å²) in [5, 5.41) is 3.00. The van der Waals surface area contributed by atoms with Crippen LogP contribution in [0.3, 0.4) is 0 Å². The number of rotatable bonds is 4. The van der Waals surface area contributed by atoms with Crippen LogP contribution in [-0.2, 0) is 4.79 Å². The third kappa shape index (κ3) is 3.89. The molecule has 0 aliphatic rings. The first-order valence-corrected chi connectivity index (χ1v) is 6.93. The highest BCUT2D eigenvalue weighted by atomic mass is 16.2. The van der Waals surface area contributed by atoms with E-state index in [0.717, 1.165) is 22.4 Å². The second-order valence-electron chi connectivity index (χ2n) is 5.52. The lowest BCUT2D eigenvalue weighted by molar-refractivity contribution is -0.120. The summed E-state index contributed by atoms with van der Waals surface area (Å²) in [6, 6.07) is 9.43. The molecule has 110 valence electrons. The molecule has 1 amide bonds. The fourth-order valence-corrected chi connectivity index (χ4v) is 2.48. The summed E-state index contributed by atoms with van der Waals surface area (Å²) in [7, 11) is 3.78. The Morgan fingerprint density at radius 1 is 1.19 bits per heavy atom. The molecular weight excluding hydrogens is 262 g/mol. The molecule has 1 heterocycles. The average molecular weight is 283 g/mol. The number of hydrogen-bond acceptors (Lipinski definition) is 3. The van der Waals surface area contributed by atoms with Crippen LogP contribution in [0.2, 0.25) is 0 Å². The third-order valence-corrected chi connectivity index (χ3v) is 3.25. The molecule has 2 rings (SSSR count). The fraction of sp³-hybridized carbons (Fsp3) is 0.294. The number of benzene rings is 1. The molecule has 0 bridgehead atoms. The minimum Gasteiger partial charge on any atom is -0.324 e. The lowest BCUT2D eigenvalue weighted by Crippen LogP contribution is -2.32. The first-order chi connectivity index (χ1) is 9.97. The van der Waals surface area contributed by atoms with E-state index in [0.29, 0.717) is 0 Å². The van der Waals surface area contributed by atoms with Crippen molar-refractivity contribution < 1.29 is 4.79 Å². The van der Waals surface area contributed by atoms with Gasteiger partial charge in [0.05, 0.1) is 0 Å². The molecule has 0 saturated carbocycles. The minimum absolute atomic E-state index is 0.0574. The lowest BCUT2D eigenvalue weighted by Gasteiger charge is -2.23. The summed E-state index contributed by atoms with van der Waals surface area (Å²) < 4.78 is 0. The van der Waals surface area contributed by atoms with Crippen LogP contribution in [-0.4, -0.2) is 29.9 Å². The Morgan fingerprint density at radius 3 is 2.38 bits per heavy atom. The maximum absolute atomic E-state index is 12.6. The van der Waals surface area contributed by atoms with E-state index >= 15 is 0 Å². The Hall–Kier alpha value is -2.20. The molecule has 1 atom stereocenters. The number of anilines is 1. The molecule has 0 aliphatic carbocycles. The standard InChI is InChI=1S/C17H21N3O/c1-12-8-13(2)10-15(9-12)19-17(21)16(20(3)4)14-6-5-7-18-11-14/h5-11,16H,1-4H3,(H,19,21). The summed E-state index contributed by atoms with van der Waals surface area (Å²) >= 11 is 0. The van der Waals surface area contributed by atoms with Crippen LogP contribution in [0.15, 0.2) is 42.7 Å². The van der Waals surface area contributed by atoms with Gasteiger partial charge < -0.3 is 5.32 Å². The Morgan fingerprint density at radius 2 is 1.86 bits per heavy atom. The molecule has 21 heavy (non-hydrogen) atoms. The number of nitrogens with one attached hydrogen (secondary N) is 1. The largest absolute Gasteiger partial charge is 0.324 e. The summed E-state index contributed by atoms with van der Waals surface area (Å²) in [5.74, 6) is -0.0574. The van der Waals surface area contributed by atoms with Crippen LogP contribution >= 0.6 is 0 Å². The lowest BCUT2D eigenvalue weighted by atomic mass is 10.1. The van der Waals surface area contributed by atoms with E-state index in [1.807, 2.05) is 57.1 Å². The molecule has 1 N–H and O–H groups in total. The maximum atomic E-state index is 12.6. The first kappa shape index (κ1) is 15.2. The quantitative estimate of drug-likeness (QED) is 0.938. The predicted molar refractivity (Wildman–Crippen MR) is 85.2 cm³/mol. The third-order valence-electron chi connectivity index (χ3n) is 3.25. The highest BCUT2D eigenvalue weighted by molar-refractivity contribution is 5.95. The fourth-order valence-electron chi connectivity index (χ4n) is 2.48. The Balaban J connectivity index is 2.24. The van der Waals surface area contributed by atoms with Crippen molar-refractivity contribution in [2.75, 3.05) is 19.4 Å². The number of aryl methyl sites for hydroxylation is 2. The van der Waals surface area contributed by atoms with Gasteiger partial charge in [-0.15, -0.1) is 0 Å². The molecule has 4 heteroatoms. The topological polar surface area (TPSA) is 45.2 Å². The van der Waals surface area contributed by atoms with Crippen LogP contribution in [0, 0.1) is 13.8 Å². The van der Waals surface area contributed by atoms with Crippen LogP contribution in [0.4, 0.5) is 5.69 Å². The molecule has 1 unspecified atom stereocenters. The molecule has 0 spiro atoms. The Labute approximate surface area is 125 Å². The highest BCUT2D eigenvalue weighted by Gasteiger charge is 2.23. The molecule has 1 aromatic carbocycles. The summed E-state index contributed by atoms with van der Waals surface area (Å²) in [6.07, 6.45) is 3.43. The molecule has 1 aromatic heterocycles. The van der Waals surface area contributed by atoms with Crippen LogP contribution < -0.4 is 5.32 Å². The van der Waals surface area contributed by atoms with E-state index in [1.165, 1.54) is 0 Å². The second-order valence-corrected chi connectivity index (χ2v) is 5.52. The van der Waals surface area contributed by atoms with Crippen LogP contribution in [0.1, 0.15) is 22.7 Å². The van der Waals surface area contributed by atoms with Gasteiger partial charge in [0.2, 0.25) is 5.91 Å². The van der Waals surface area contributed by atoms with Gasteiger partial charge in [-0.1, -0.05) is 12.1 Å². The van der Waals surface area contributed by atoms with Gasteiger partial charge in [0.1, 0.15) is 6.04 Å². The number of amides is 1. The van der Waals surface area contributed by atoms with Crippen molar-refractivity contribution in [2.24, 2.45) is 0 Å². The highest BCUT2D eigenvalue weighted by Crippen LogP contribution is 2.21. The second kappa shape index (κ2) is 6.50. The summed E-state index contributed by atoms with van der Waals surface area (Å²) in [6.45, 7) is 4.04. The van der Waals surface area contributed by atoms with E-state index in [2.05, 4.69) is 16.4 Å². The van der Waals surface area contributed by atoms with Gasteiger partial charge in [-0.25, -0.2) is 0 Å². The van der Waals surface area contributed by atoms with E-state index in [4.69, 9.17) is 0 Å². The number of likely N-dealkylation sites (N-methyl/N-ethyl adjacent to an activating group) is 1. The van der Waals surface area contributed by atoms with E-state index < -0.39 is 0 Å². The number of aromatic nitrogens is 1. The van der Waals surface area contributed by atoms with Gasteiger partial charge >= 0.3 is 0 Å². The number of carbonyl (C=O) groups excluding carboxylic acids is 1. The number of nitrogens with zero attached hydrogens (tertiary/aromatic N) is 2. The minimum atomic E-state index is -0.362. The SMILES string of the molecule is Cc1cc(C)cc(NC(=O)C(c2cccnc2)N(C)C)c1. The molecular formula is C17H21N3O. The molecule has 0 fully saturated rings. The number of pyridine rings is 1. The van der Waals surface area contributed by atoms with Crippen molar-refractivity contribution in [2.45, 2.75) is 19.9 Å².